The second-order valence-corrected chi connectivity index (χ2v) is 5.63. The molecule has 98 valence electrons. The van der Waals surface area contributed by atoms with Crippen LogP contribution in [0.15, 0.2) is 34.8 Å². The zero-order valence-electron chi connectivity index (χ0n) is 10.9. The molecular formula is C15H16BrN3. The highest BCUT2D eigenvalue weighted by molar-refractivity contribution is 9.10. The smallest absolute Gasteiger partial charge is 0.144 e. The third-order valence-corrected chi connectivity index (χ3v) is 4.37. The van der Waals surface area contributed by atoms with Crippen molar-refractivity contribution < 1.29 is 0 Å². The van der Waals surface area contributed by atoms with E-state index >= 15 is 0 Å². The van der Waals surface area contributed by atoms with E-state index in [9.17, 15) is 0 Å². The maximum atomic E-state index is 4.78. The summed E-state index contributed by atoms with van der Waals surface area (Å²) in [5.74, 6) is 2.37. The SMILES string of the molecule is CNc1nc(C2CCC2)nc(-c2ccccc2)c1Br. The normalized spacial score (nSPS) is 15.1. The third-order valence-electron chi connectivity index (χ3n) is 3.62. The van der Waals surface area contributed by atoms with Gasteiger partial charge in [0.15, 0.2) is 0 Å². The summed E-state index contributed by atoms with van der Waals surface area (Å²) < 4.78 is 0.935. The molecule has 1 aliphatic rings. The highest BCUT2D eigenvalue weighted by Gasteiger charge is 2.24. The summed E-state index contributed by atoms with van der Waals surface area (Å²) in [5, 5.41) is 3.15. The molecule has 1 aromatic carbocycles. The van der Waals surface area contributed by atoms with Gasteiger partial charge in [0.25, 0.3) is 0 Å². The first-order valence-corrected chi connectivity index (χ1v) is 7.39. The number of benzene rings is 1. The summed E-state index contributed by atoms with van der Waals surface area (Å²) in [5.41, 5.74) is 2.09. The fourth-order valence-corrected chi connectivity index (χ4v) is 2.87. The highest BCUT2D eigenvalue weighted by Crippen LogP contribution is 2.38. The van der Waals surface area contributed by atoms with Crippen molar-refractivity contribution in [2.75, 3.05) is 12.4 Å². The largest absolute Gasteiger partial charge is 0.372 e. The Kier molecular flexibility index (Phi) is 3.51. The molecule has 0 saturated heterocycles. The van der Waals surface area contributed by atoms with Crippen molar-refractivity contribution in [3.05, 3.63) is 40.6 Å². The van der Waals surface area contributed by atoms with E-state index in [0.717, 1.165) is 27.4 Å². The van der Waals surface area contributed by atoms with Crippen LogP contribution in [0.25, 0.3) is 11.3 Å². The number of rotatable bonds is 3. The van der Waals surface area contributed by atoms with E-state index in [1.807, 2.05) is 25.2 Å². The molecule has 1 aliphatic carbocycles. The summed E-state index contributed by atoms with van der Waals surface area (Å²) in [6, 6.07) is 10.2. The monoisotopic (exact) mass is 317 g/mol. The molecule has 1 N–H and O–H groups in total. The van der Waals surface area contributed by atoms with Gasteiger partial charge in [-0.1, -0.05) is 36.8 Å². The Morgan fingerprint density at radius 1 is 1.16 bits per heavy atom. The van der Waals surface area contributed by atoms with E-state index in [0.29, 0.717) is 5.92 Å². The quantitative estimate of drug-likeness (QED) is 0.921. The molecule has 4 heteroatoms. The zero-order chi connectivity index (χ0) is 13.2. The van der Waals surface area contributed by atoms with Crippen molar-refractivity contribution in [3.63, 3.8) is 0 Å². The number of hydrogen-bond donors (Lipinski definition) is 1. The second kappa shape index (κ2) is 5.29. The molecule has 0 atom stereocenters. The van der Waals surface area contributed by atoms with Crippen LogP contribution < -0.4 is 5.32 Å². The first kappa shape index (κ1) is 12.6. The molecule has 19 heavy (non-hydrogen) atoms. The molecule has 0 amide bonds. The molecular weight excluding hydrogens is 302 g/mol. The molecule has 2 aromatic rings. The lowest BCUT2D eigenvalue weighted by Crippen LogP contribution is -2.14. The van der Waals surface area contributed by atoms with Crippen molar-refractivity contribution >= 4 is 21.7 Å². The lowest BCUT2D eigenvalue weighted by Gasteiger charge is -2.25. The van der Waals surface area contributed by atoms with E-state index < -0.39 is 0 Å². The van der Waals surface area contributed by atoms with E-state index in [1.54, 1.807) is 0 Å². The Labute approximate surface area is 121 Å². The van der Waals surface area contributed by atoms with E-state index in [2.05, 4.69) is 38.4 Å². The van der Waals surface area contributed by atoms with Gasteiger partial charge in [0.05, 0.1) is 10.2 Å². The summed E-state index contributed by atoms with van der Waals surface area (Å²) in [7, 11) is 1.90. The van der Waals surface area contributed by atoms with Crippen LogP contribution in [0.2, 0.25) is 0 Å². The molecule has 1 fully saturated rings. The molecule has 0 radical (unpaired) electrons. The van der Waals surface area contributed by atoms with Gasteiger partial charge in [0.1, 0.15) is 11.6 Å². The molecule has 3 nitrogen and oxygen atoms in total. The van der Waals surface area contributed by atoms with Crippen LogP contribution in [0, 0.1) is 0 Å². The first-order valence-electron chi connectivity index (χ1n) is 6.60. The lowest BCUT2D eigenvalue weighted by molar-refractivity contribution is 0.402. The Morgan fingerprint density at radius 2 is 1.89 bits per heavy atom. The number of anilines is 1. The van der Waals surface area contributed by atoms with E-state index in [4.69, 9.17) is 4.98 Å². The van der Waals surface area contributed by atoms with Gasteiger partial charge in [-0.3, -0.25) is 0 Å². The molecule has 0 aliphatic heterocycles. The summed E-state index contributed by atoms with van der Waals surface area (Å²) in [6.45, 7) is 0. The predicted octanol–water partition coefficient (Wildman–Crippen LogP) is 4.22. The van der Waals surface area contributed by atoms with Crippen LogP contribution in [-0.2, 0) is 0 Å². The summed E-state index contributed by atoms with van der Waals surface area (Å²) in [6.07, 6.45) is 3.71. The molecule has 0 bridgehead atoms. The maximum Gasteiger partial charge on any atom is 0.144 e. The molecule has 1 heterocycles. The van der Waals surface area contributed by atoms with Crippen molar-refractivity contribution in [3.8, 4) is 11.3 Å². The van der Waals surface area contributed by atoms with Gasteiger partial charge >= 0.3 is 0 Å². The number of halogens is 1. The second-order valence-electron chi connectivity index (χ2n) is 4.84. The number of nitrogens with zero attached hydrogens (tertiary/aromatic N) is 2. The fraction of sp³-hybridized carbons (Fsp3) is 0.333. The van der Waals surface area contributed by atoms with Gasteiger partial charge in [-0.15, -0.1) is 0 Å². The van der Waals surface area contributed by atoms with Gasteiger partial charge in [0.2, 0.25) is 0 Å². The average molecular weight is 318 g/mol. The van der Waals surface area contributed by atoms with E-state index in [-0.39, 0.29) is 0 Å². The van der Waals surface area contributed by atoms with Crippen LogP contribution >= 0.6 is 15.9 Å². The van der Waals surface area contributed by atoms with Gasteiger partial charge in [-0.2, -0.15) is 0 Å². The van der Waals surface area contributed by atoms with E-state index in [1.165, 1.54) is 19.3 Å². The van der Waals surface area contributed by atoms with Crippen LogP contribution in [0.4, 0.5) is 5.82 Å². The van der Waals surface area contributed by atoms with Crippen LogP contribution in [0.5, 0.6) is 0 Å². The van der Waals surface area contributed by atoms with Gasteiger partial charge in [-0.05, 0) is 28.8 Å². The number of aromatic nitrogens is 2. The first-order chi connectivity index (χ1) is 9.29. The van der Waals surface area contributed by atoms with Gasteiger partial charge < -0.3 is 5.32 Å². The van der Waals surface area contributed by atoms with Crippen molar-refractivity contribution in [1.82, 2.24) is 9.97 Å². The Balaban J connectivity index is 2.11. The van der Waals surface area contributed by atoms with Crippen molar-refractivity contribution in [2.24, 2.45) is 0 Å². The fourth-order valence-electron chi connectivity index (χ4n) is 2.27. The highest BCUT2D eigenvalue weighted by atomic mass is 79.9. The van der Waals surface area contributed by atoms with Gasteiger partial charge in [0, 0.05) is 18.5 Å². The average Bonchev–Trinajstić information content (AvgIpc) is 2.39. The van der Waals surface area contributed by atoms with Crippen molar-refractivity contribution in [2.45, 2.75) is 25.2 Å². The Morgan fingerprint density at radius 3 is 2.47 bits per heavy atom. The van der Waals surface area contributed by atoms with Crippen LogP contribution in [0.1, 0.15) is 31.0 Å². The minimum Gasteiger partial charge on any atom is -0.372 e. The minimum absolute atomic E-state index is 0.530. The van der Waals surface area contributed by atoms with Crippen molar-refractivity contribution in [1.29, 1.82) is 0 Å². The zero-order valence-corrected chi connectivity index (χ0v) is 12.4. The topological polar surface area (TPSA) is 37.8 Å². The summed E-state index contributed by atoms with van der Waals surface area (Å²) in [4.78, 5) is 9.41. The Bertz CT molecular complexity index is 579. The summed E-state index contributed by atoms with van der Waals surface area (Å²) >= 11 is 3.61. The molecule has 1 saturated carbocycles. The lowest BCUT2D eigenvalue weighted by atomic mass is 9.85. The third kappa shape index (κ3) is 2.37. The molecule has 1 aromatic heterocycles. The predicted molar refractivity (Wildman–Crippen MR) is 81.3 cm³/mol. The molecule has 0 unspecified atom stereocenters. The molecule has 0 spiro atoms. The maximum absolute atomic E-state index is 4.78. The minimum atomic E-state index is 0.530. The molecule has 3 rings (SSSR count). The van der Waals surface area contributed by atoms with Gasteiger partial charge in [-0.25, -0.2) is 9.97 Å². The van der Waals surface area contributed by atoms with Crippen LogP contribution in [0.3, 0.4) is 0 Å². The Hall–Kier alpha value is -1.42. The number of nitrogens with one attached hydrogen (secondary N) is 1. The standard InChI is InChI=1S/C15H16BrN3/c1-17-15-12(16)13(10-6-3-2-4-7-10)18-14(19-15)11-8-5-9-11/h2-4,6-7,11H,5,8-9H2,1H3,(H,17,18,19). The number of hydrogen-bond acceptors (Lipinski definition) is 3. The van der Waals surface area contributed by atoms with Crippen LogP contribution in [-0.4, -0.2) is 17.0 Å².